The van der Waals surface area contributed by atoms with Crippen molar-refractivity contribution in [2.24, 2.45) is 0 Å². The average Bonchev–Trinajstić information content (AvgIpc) is 3.06. The van der Waals surface area contributed by atoms with Crippen molar-refractivity contribution in [1.82, 2.24) is 4.98 Å². The second-order valence-corrected chi connectivity index (χ2v) is 5.96. The van der Waals surface area contributed by atoms with Gasteiger partial charge >= 0.3 is 5.97 Å². The Labute approximate surface area is 136 Å². The summed E-state index contributed by atoms with van der Waals surface area (Å²) in [5, 5.41) is 3.64. The third kappa shape index (κ3) is 3.36. The molecule has 3 rings (SSSR count). The van der Waals surface area contributed by atoms with Gasteiger partial charge in [0.15, 0.2) is 0 Å². The van der Waals surface area contributed by atoms with Crippen LogP contribution in [0.1, 0.15) is 48.5 Å². The molecule has 0 unspecified atom stereocenters. The van der Waals surface area contributed by atoms with Gasteiger partial charge in [0, 0.05) is 6.20 Å². The molecule has 1 fully saturated rings. The number of pyridine rings is 1. The molecule has 1 aromatic carbocycles. The first-order valence-electron chi connectivity index (χ1n) is 8.19. The maximum absolute atomic E-state index is 11.9. The highest BCUT2D eigenvalue weighted by Crippen LogP contribution is 2.41. The van der Waals surface area contributed by atoms with E-state index in [0.29, 0.717) is 12.2 Å². The van der Waals surface area contributed by atoms with Crippen LogP contribution in [0.2, 0.25) is 0 Å². The smallest absolute Gasteiger partial charge is 0.339 e. The molecule has 0 amide bonds. The number of benzene rings is 1. The highest BCUT2D eigenvalue weighted by atomic mass is 16.5. The van der Waals surface area contributed by atoms with Crippen molar-refractivity contribution in [2.45, 2.75) is 38.1 Å². The number of nitrogens with zero attached hydrogens (tertiary/aromatic N) is 1. The topological polar surface area (TPSA) is 51.2 Å². The first-order chi connectivity index (χ1) is 11.2. The molecule has 0 bridgehead atoms. The molecule has 1 aliphatic rings. The zero-order valence-corrected chi connectivity index (χ0v) is 13.4. The summed E-state index contributed by atoms with van der Waals surface area (Å²) in [7, 11) is 0. The average molecular weight is 310 g/mol. The minimum atomic E-state index is -0.330. The lowest BCUT2D eigenvalue weighted by molar-refractivity contribution is 0.0526. The van der Waals surface area contributed by atoms with Crippen LogP contribution in [-0.2, 0) is 10.3 Å². The summed E-state index contributed by atoms with van der Waals surface area (Å²) in [5.74, 6) is -0.330. The maximum Gasteiger partial charge on any atom is 0.339 e. The van der Waals surface area contributed by atoms with Gasteiger partial charge in [-0.05, 0) is 31.4 Å². The van der Waals surface area contributed by atoms with Crippen molar-refractivity contribution in [3.05, 3.63) is 59.9 Å². The monoisotopic (exact) mass is 310 g/mol. The number of nitrogens with one attached hydrogen (secondary N) is 1. The number of rotatable bonds is 5. The molecule has 1 N–H and O–H groups in total. The number of hydrogen-bond acceptors (Lipinski definition) is 4. The van der Waals surface area contributed by atoms with E-state index in [-0.39, 0.29) is 11.5 Å². The first kappa shape index (κ1) is 15.5. The molecule has 0 atom stereocenters. The normalized spacial score (nSPS) is 16.0. The summed E-state index contributed by atoms with van der Waals surface area (Å²) < 4.78 is 5.06. The lowest BCUT2D eigenvalue weighted by Gasteiger charge is -2.32. The van der Waals surface area contributed by atoms with E-state index in [2.05, 4.69) is 34.6 Å². The number of aromatic nitrogens is 1. The second kappa shape index (κ2) is 6.82. The van der Waals surface area contributed by atoms with E-state index < -0.39 is 0 Å². The highest BCUT2D eigenvalue weighted by molar-refractivity contribution is 5.90. The molecule has 4 nitrogen and oxygen atoms in total. The molecule has 1 heterocycles. The quantitative estimate of drug-likeness (QED) is 0.843. The summed E-state index contributed by atoms with van der Waals surface area (Å²) in [6, 6.07) is 12.3. The van der Waals surface area contributed by atoms with Crippen LogP contribution >= 0.6 is 0 Å². The van der Waals surface area contributed by atoms with Gasteiger partial charge in [-0.1, -0.05) is 43.2 Å². The van der Waals surface area contributed by atoms with Gasteiger partial charge in [0.25, 0.3) is 0 Å². The third-order valence-electron chi connectivity index (χ3n) is 4.42. The fourth-order valence-electron chi connectivity index (χ4n) is 3.33. The van der Waals surface area contributed by atoms with Crippen LogP contribution in [-0.4, -0.2) is 17.6 Å². The van der Waals surface area contributed by atoms with Gasteiger partial charge in [-0.2, -0.15) is 0 Å². The fraction of sp³-hybridized carbons (Fsp3) is 0.368. The molecule has 4 heteroatoms. The van der Waals surface area contributed by atoms with Gasteiger partial charge in [0.1, 0.15) is 0 Å². The molecule has 0 aliphatic heterocycles. The second-order valence-electron chi connectivity index (χ2n) is 5.96. The molecular formula is C19H22N2O2. The van der Waals surface area contributed by atoms with Gasteiger partial charge < -0.3 is 10.1 Å². The van der Waals surface area contributed by atoms with Crippen LogP contribution in [0.15, 0.2) is 48.8 Å². The van der Waals surface area contributed by atoms with Crippen LogP contribution in [0.5, 0.6) is 0 Å². The predicted molar refractivity (Wildman–Crippen MR) is 90.4 cm³/mol. The van der Waals surface area contributed by atoms with E-state index in [4.69, 9.17) is 4.74 Å². The van der Waals surface area contributed by atoms with E-state index in [9.17, 15) is 4.79 Å². The minimum Gasteiger partial charge on any atom is -0.462 e. The maximum atomic E-state index is 11.9. The van der Waals surface area contributed by atoms with Crippen LogP contribution in [0.4, 0.5) is 5.69 Å². The van der Waals surface area contributed by atoms with Crippen LogP contribution in [0, 0.1) is 0 Å². The van der Waals surface area contributed by atoms with Crippen LogP contribution in [0.25, 0.3) is 0 Å². The number of carbonyl (C=O) groups is 1. The summed E-state index contributed by atoms with van der Waals surface area (Å²) >= 11 is 0. The fourth-order valence-corrected chi connectivity index (χ4v) is 3.33. The Hall–Kier alpha value is -2.36. The summed E-state index contributed by atoms with van der Waals surface area (Å²) in [6.45, 7) is 2.17. The molecule has 23 heavy (non-hydrogen) atoms. The molecule has 1 saturated carbocycles. The van der Waals surface area contributed by atoms with Crippen molar-refractivity contribution in [3.8, 4) is 0 Å². The Balaban J connectivity index is 1.87. The first-order valence-corrected chi connectivity index (χ1v) is 8.19. The van der Waals surface area contributed by atoms with Gasteiger partial charge in [0.2, 0.25) is 0 Å². The van der Waals surface area contributed by atoms with E-state index in [1.54, 1.807) is 19.3 Å². The SMILES string of the molecule is CCOC(=O)c1cncc(NC2(c3ccccc3)CCCC2)c1. The number of ether oxygens (including phenoxy) is 1. The third-order valence-corrected chi connectivity index (χ3v) is 4.42. The Morgan fingerprint density at radius 1 is 1.22 bits per heavy atom. The Kier molecular flexibility index (Phi) is 4.60. The Morgan fingerprint density at radius 3 is 2.65 bits per heavy atom. The summed E-state index contributed by atoms with van der Waals surface area (Å²) in [4.78, 5) is 16.1. The molecule has 120 valence electrons. The number of esters is 1. The lowest BCUT2D eigenvalue weighted by Crippen LogP contribution is -2.32. The highest BCUT2D eigenvalue weighted by Gasteiger charge is 2.35. The van der Waals surface area contributed by atoms with Crippen molar-refractivity contribution in [1.29, 1.82) is 0 Å². The Bertz CT molecular complexity index is 664. The van der Waals surface area contributed by atoms with E-state index >= 15 is 0 Å². The van der Waals surface area contributed by atoms with Crippen LogP contribution in [0.3, 0.4) is 0 Å². The van der Waals surface area contributed by atoms with Gasteiger partial charge in [0.05, 0.1) is 29.6 Å². The van der Waals surface area contributed by atoms with E-state index in [1.807, 2.05) is 12.1 Å². The molecule has 2 aromatic rings. The minimum absolute atomic E-state index is 0.0732. The van der Waals surface area contributed by atoms with E-state index in [1.165, 1.54) is 18.4 Å². The number of hydrogen-bond donors (Lipinski definition) is 1. The summed E-state index contributed by atoms with van der Waals surface area (Å²) in [6.07, 6.45) is 7.89. The largest absolute Gasteiger partial charge is 0.462 e. The Morgan fingerprint density at radius 2 is 1.96 bits per heavy atom. The lowest BCUT2D eigenvalue weighted by atomic mass is 9.88. The van der Waals surface area contributed by atoms with Crippen molar-refractivity contribution < 1.29 is 9.53 Å². The van der Waals surface area contributed by atoms with Crippen LogP contribution < -0.4 is 5.32 Å². The zero-order chi connectivity index (χ0) is 16.1. The van der Waals surface area contributed by atoms with Gasteiger partial charge in [-0.25, -0.2) is 4.79 Å². The molecule has 0 saturated heterocycles. The van der Waals surface area contributed by atoms with E-state index in [0.717, 1.165) is 18.5 Å². The molecular weight excluding hydrogens is 288 g/mol. The summed E-state index contributed by atoms with van der Waals surface area (Å²) in [5.41, 5.74) is 2.56. The standard InChI is InChI=1S/C19H22N2O2/c1-2-23-18(22)15-12-17(14-20-13-15)21-19(10-6-7-11-19)16-8-4-3-5-9-16/h3-5,8-9,12-14,21H,2,6-7,10-11H2,1H3. The van der Waals surface area contributed by atoms with Crippen molar-refractivity contribution in [2.75, 3.05) is 11.9 Å². The number of carbonyl (C=O) groups excluding carboxylic acids is 1. The van der Waals surface area contributed by atoms with Gasteiger partial charge in [-0.15, -0.1) is 0 Å². The molecule has 0 spiro atoms. The zero-order valence-electron chi connectivity index (χ0n) is 13.4. The van der Waals surface area contributed by atoms with Gasteiger partial charge in [-0.3, -0.25) is 4.98 Å². The molecule has 1 aliphatic carbocycles. The van der Waals surface area contributed by atoms with Crippen molar-refractivity contribution in [3.63, 3.8) is 0 Å². The van der Waals surface area contributed by atoms with Crippen molar-refractivity contribution >= 4 is 11.7 Å². The predicted octanol–water partition coefficient (Wildman–Crippen LogP) is 4.14. The number of anilines is 1. The molecule has 1 aromatic heterocycles. The molecule has 0 radical (unpaired) electrons.